The van der Waals surface area contributed by atoms with Crippen LogP contribution in [0.4, 0.5) is 0 Å². The molecule has 7 heteroatoms. The lowest BCUT2D eigenvalue weighted by molar-refractivity contribution is 0.0638. The molecule has 1 saturated heterocycles. The van der Waals surface area contributed by atoms with Gasteiger partial charge in [-0.25, -0.2) is 4.98 Å². The number of carbonyl (C=O) groups is 1. The molecule has 33 heavy (non-hydrogen) atoms. The van der Waals surface area contributed by atoms with Crippen molar-refractivity contribution < 1.29 is 4.79 Å². The first kappa shape index (κ1) is 22.0. The van der Waals surface area contributed by atoms with Crippen LogP contribution < -0.4 is 0 Å². The Kier molecular flexibility index (Phi) is 6.36. The zero-order valence-corrected chi connectivity index (χ0v) is 19.6. The number of piperazine rings is 1. The average Bonchev–Trinajstić information content (AvgIpc) is 3.25. The van der Waals surface area contributed by atoms with E-state index in [1.807, 2.05) is 53.4 Å². The van der Waals surface area contributed by atoms with Crippen LogP contribution in [0.5, 0.6) is 0 Å². The standard InChI is InChI=1S/C26H24Cl2N4O/c27-21-16-23-24(17-22(21)28)30-25(29-23)10-11-31-12-14-32(15-13-31)26(33)20-8-6-19(7-9-20)18-4-2-1-3-5-18/h1-9,16-17H,10-15H2,(H,29,30). The Labute approximate surface area is 202 Å². The van der Waals surface area contributed by atoms with Gasteiger partial charge in [0, 0.05) is 44.7 Å². The molecule has 0 spiro atoms. The largest absolute Gasteiger partial charge is 0.342 e. The van der Waals surface area contributed by atoms with Gasteiger partial charge in [-0.2, -0.15) is 0 Å². The Bertz CT molecular complexity index is 1220. The third kappa shape index (κ3) is 4.91. The normalized spacial score (nSPS) is 14.7. The monoisotopic (exact) mass is 478 g/mol. The third-order valence-electron chi connectivity index (χ3n) is 6.14. The minimum atomic E-state index is 0.0975. The van der Waals surface area contributed by atoms with Crippen LogP contribution in [-0.4, -0.2) is 58.4 Å². The van der Waals surface area contributed by atoms with E-state index in [9.17, 15) is 4.79 Å². The number of benzene rings is 3. The summed E-state index contributed by atoms with van der Waals surface area (Å²) in [5, 5.41) is 1.03. The second-order valence-electron chi connectivity index (χ2n) is 8.29. The van der Waals surface area contributed by atoms with E-state index in [2.05, 4.69) is 27.0 Å². The smallest absolute Gasteiger partial charge is 0.253 e. The first-order chi connectivity index (χ1) is 16.1. The molecular weight excluding hydrogens is 455 g/mol. The van der Waals surface area contributed by atoms with E-state index >= 15 is 0 Å². The van der Waals surface area contributed by atoms with Crippen molar-refractivity contribution in [3.05, 3.63) is 88.2 Å². The van der Waals surface area contributed by atoms with Gasteiger partial charge in [-0.05, 0) is 35.4 Å². The third-order valence-corrected chi connectivity index (χ3v) is 6.86. The summed E-state index contributed by atoms with van der Waals surface area (Å²) in [5.74, 6) is 1.01. The highest BCUT2D eigenvalue weighted by molar-refractivity contribution is 6.42. The van der Waals surface area contributed by atoms with Crippen molar-refractivity contribution in [3.63, 3.8) is 0 Å². The predicted molar refractivity (Wildman–Crippen MR) is 134 cm³/mol. The Balaban J connectivity index is 1.14. The van der Waals surface area contributed by atoms with Gasteiger partial charge in [0.15, 0.2) is 0 Å². The molecule has 0 aliphatic carbocycles. The van der Waals surface area contributed by atoms with E-state index in [0.29, 0.717) is 10.0 Å². The number of hydrogen-bond acceptors (Lipinski definition) is 3. The number of rotatable bonds is 5. The average molecular weight is 479 g/mol. The second kappa shape index (κ2) is 9.56. The maximum Gasteiger partial charge on any atom is 0.253 e. The molecule has 1 aliphatic rings. The van der Waals surface area contributed by atoms with Crippen molar-refractivity contribution >= 4 is 40.1 Å². The lowest BCUT2D eigenvalue weighted by atomic mass is 10.0. The number of imidazole rings is 1. The van der Waals surface area contributed by atoms with Gasteiger partial charge >= 0.3 is 0 Å². The van der Waals surface area contributed by atoms with Crippen LogP contribution in [0.25, 0.3) is 22.2 Å². The number of H-pyrrole nitrogens is 1. The van der Waals surface area contributed by atoms with E-state index in [1.165, 1.54) is 0 Å². The lowest BCUT2D eigenvalue weighted by Gasteiger charge is -2.34. The summed E-state index contributed by atoms with van der Waals surface area (Å²) in [7, 11) is 0. The number of aromatic nitrogens is 2. The molecule has 0 atom stereocenters. The molecule has 1 aliphatic heterocycles. The summed E-state index contributed by atoms with van der Waals surface area (Å²) in [4.78, 5) is 25.2. The number of nitrogens with zero attached hydrogens (tertiary/aromatic N) is 3. The fourth-order valence-electron chi connectivity index (χ4n) is 4.23. The van der Waals surface area contributed by atoms with Crippen LogP contribution in [0.2, 0.25) is 10.0 Å². The van der Waals surface area contributed by atoms with E-state index in [0.717, 1.165) is 72.7 Å². The number of amides is 1. The summed E-state index contributed by atoms with van der Waals surface area (Å²) in [6.45, 7) is 4.04. The first-order valence-electron chi connectivity index (χ1n) is 11.1. The van der Waals surface area contributed by atoms with Gasteiger partial charge in [-0.1, -0.05) is 65.7 Å². The molecule has 1 amide bonds. The highest BCUT2D eigenvalue weighted by atomic mass is 35.5. The molecule has 2 heterocycles. The van der Waals surface area contributed by atoms with Gasteiger partial charge in [0.25, 0.3) is 5.91 Å². The zero-order valence-electron chi connectivity index (χ0n) is 18.1. The van der Waals surface area contributed by atoms with E-state index in [4.69, 9.17) is 23.2 Å². The van der Waals surface area contributed by atoms with Gasteiger partial charge in [0.05, 0.1) is 21.1 Å². The van der Waals surface area contributed by atoms with Crippen molar-refractivity contribution in [2.45, 2.75) is 6.42 Å². The molecule has 0 radical (unpaired) electrons. The quantitative estimate of drug-likeness (QED) is 0.409. The van der Waals surface area contributed by atoms with E-state index in [-0.39, 0.29) is 5.91 Å². The van der Waals surface area contributed by atoms with Crippen LogP contribution in [0, 0.1) is 0 Å². The Morgan fingerprint density at radius 1 is 0.879 bits per heavy atom. The van der Waals surface area contributed by atoms with Crippen LogP contribution in [-0.2, 0) is 6.42 Å². The van der Waals surface area contributed by atoms with Gasteiger partial charge < -0.3 is 9.88 Å². The van der Waals surface area contributed by atoms with Crippen molar-refractivity contribution in [1.29, 1.82) is 0 Å². The van der Waals surface area contributed by atoms with Gasteiger partial charge in [0.2, 0.25) is 0 Å². The highest BCUT2D eigenvalue weighted by Crippen LogP contribution is 2.26. The Hall–Kier alpha value is -2.86. The molecule has 1 aromatic heterocycles. The number of hydrogen-bond donors (Lipinski definition) is 1. The number of carbonyl (C=O) groups excluding carboxylic acids is 1. The minimum absolute atomic E-state index is 0.0975. The molecule has 1 fully saturated rings. The second-order valence-corrected chi connectivity index (χ2v) is 9.11. The van der Waals surface area contributed by atoms with Crippen LogP contribution in [0.1, 0.15) is 16.2 Å². The predicted octanol–water partition coefficient (Wildman–Crippen LogP) is 5.54. The summed E-state index contributed by atoms with van der Waals surface area (Å²) >= 11 is 12.2. The molecule has 168 valence electrons. The van der Waals surface area contributed by atoms with Crippen LogP contribution in [0.3, 0.4) is 0 Å². The van der Waals surface area contributed by atoms with E-state index < -0.39 is 0 Å². The summed E-state index contributed by atoms with van der Waals surface area (Å²) in [5.41, 5.74) is 4.73. The van der Waals surface area contributed by atoms with Crippen LogP contribution in [0.15, 0.2) is 66.7 Å². The minimum Gasteiger partial charge on any atom is -0.342 e. The van der Waals surface area contributed by atoms with Crippen molar-refractivity contribution in [1.82, 2.24) is 19.8 Å². The maximum atomic E-state index is 13.0. The maximum absolute atomic E-state index is 13.0. The number of aromatic amines is 1. The fourth-order valence-corrected chi connectivity index (χ4v) is 4.55. The fraction of sp³-hybridized carbons (Fsp3) is 0.231. The Morgan fingerprint density at radius 2 is 1.55 bits per heavy atom. The SMILES string of the molecule is O=C(c1ccc(-c2ccccc2)cc1)N1CCN(CCc2nc3cc(Cl)c(Cl)cc3[nH]2)CC1. The number of fused-ring (bicyclic) bond motifs is 1. The van der Waals surface area contributed by atoms with Crippen molar-refractivity contribution in [3.8, 4) is 11.1 Å². The van der Waals surface area contributed by atoms with Crippen molar-refractivity contribution in [2.75, 3.05) is 32.7 Å². The Morgan fingerprint density at radius 3 is 2.27 bits per heavy atom. The molecule has 5 nitrogen and oxygen atoms in total. The topological polar surface area (TPSA) is 52.2 Å². The molecule has 0 saturated carbocycles. The molecule has 0 unspecified atom stereocenters. The van der Waals surface area contributed by atoms with Crippen LogP contribution >= 0.6 is 23.2 Å². The first-order valence-corrected chi connectivity index (χ1v) is 11.8. The zero-order chi connectivity index (χ0) is 22.8. The molecule has 5 rings (SSSR count). The number of halogens is 2. The number of nitrogens with one attached hydrogen (secondary N) is 1. The summed E-state index contributed by atoms with van der Waals surface area (Å²) < 4.78 is 0. The molecule has 1 N–H and O–H groups in total. The molecule has 4 aromatic rings. The van der Waals surface area contributed by atoms with Gasteiger partial charge in [-0.15, -0.1) is 0 Å². The molecular formula is C26H24Cl2N4O. The van der Waals surface area contributed by atoms with Crippen molar-refractivity contribution in [2.24, 2.45) is 0 Å². The molecule has 3 aromatic carbocycles. The van der Waals surface area contributed by atoms with Gasteiger partial charge in [-0.3, -0.25) is 9.69 Å². The lowest BCUT2D eigenvalue weighted by Crippen LogP contribution is -2.49. The molecule has 0 bridgehead atoms. The summed E-state index contributed by atoms with van der Waals surface area (Å²) in [6.07, 6.45) is 0.804. The highest BCUT2D eigenvalue weighted by Gasteiger charge is 2.22. The van der Waals surface area contributed by atoms with E-state index in [1.54, 1.807) is 6.07 Å². The van der Waals surface area contributed by atoms with Gasteiger partial charge in [0.1, 0.15) is 5.82 Å². The summed E-state index contributed by atoms with van der Waals surface area (Å²) in [6, 6.07) is 21.7.